The average molecular weight is 145 g/mol. The smallest absolute Gasteiger partial charge is 0.105 e. The molecule has 0 aromatic rings. The zero-order chi connectivity index (χ0) is 7.72. The lowest BCUT2D eigenvalue weighted by molar-refractivity contribution is 0.0417. The molecule has 10 heavy (non-hydrogen) atoms. The fraction of sp³-hybridized carbons (Fsp3) is 0.667. The van der Waals surface area contributed by atoms with E-state index < -0.39 is 18.2 Å². The van der Waals surface area contributed by atoms with E-state index >= 15 is 0 Å². The van der Waals surface area contributed by atoms with Crippen molar-refractivity contribution in [3.63, 3.8) is 0 Å². The van der Waals surface area contributed by atoms with Gasteiger partial charge < -0.3 is 21.1 Å². The van der Waals surface area contributed by atoms with E-state index in [0.717, 1.165) is 0 Å². The summed E-state index contributed by atoms with van der Waals surface area (Å²) in [5, 5.41) is 26.7. The molecule has 1 rings (SSSR count). The number of nitrogens with two attached hydrogens (primary N) is 1. The number of hydrogen-bond acceptors (Lipinski definition) is 4. The molecule has 0 aromatic heterocycles. The summed E-state index contributed by atoms with van der Waals surface area (Å²) in [5.74, 6) is 0. The Kier molecular flexibility index (Phi) is 2.05. The maximum atomic E-state index is 9.07. The Labute approximate surface area is 58.6 Å². The minimum Gasteiger partial charge on any atom is -0.392 e. The molecule has 0 bridgehead atoms. The molecule has 0 radical (unpaired) electrons. The zero-order valence-corrected chi connectivity index (χ0v) is 5.44. The van der Waals surface area contributed by atoms with Gasteiger partial charge in [-0.15, -0.1) is 0 Å². The second kappa shape index (κ2) is 2.67. The van der Waals surface area contributed by atoms with Gasteiger partial charge in [0.25, 0.3) is 0 Å². The predicted molar refractivity (Wildman–Crippen MR) is 35.2 cm³/mol. The molecule has 0 unspecified atom stereocenters. The van der Waals surface area contributed by atoms with E-state index in [2.05, 4.69) is 0 Å². The molecule has 0 fully saturated rings. The van der Waals surface area contributed by atoms with Gasteiger partial charge in [-0.05, 0) is 5.57 Å². The molecule has 4 heteroatoms. The average Bonchev–Trinajstić information content (AvgIpc) is 2.17. The van der Waals surface area contributed by atoms with Gasteiger partial charge in [0.2, 0.25) is 0 Å². The highest BCUT2D eigenvalue weighted by atomic mass is 16.3. The molecule has 0 aliphatic heterocycles. The van der Waals surface area contributed by atoms with Gasteiger partial charge in [-0.2, -0.15) is 0 Å². The molecule has 0 amide bonds. The molecule has 0 aromatic carbocycles. The van der Waals surface area contributed by atoms with Crippen molar-refractivity contribution in [2.75, 3.05) is 6.61 Å². The standard InChI is InChI=1S/C6H11NO3/c7-4-1-3(2-8)5(9)6(4)10/h1,4-6,8-10H,2,7H2/t4-,5-,6+/m0/s1. The van der Waals surface area contributed by atoms with Crippen molar-refractivity contribution in [1.29, 1.82) is 0 Å². The van der Waals surface area contributed by atoms with E-state index in [-0.39, 0.29) is 6.61 Å². The van der Waals surface area contributed by atoms with Crippen LogP contribution in [0.15, 0.2) is 11.6 Å². The molecule has 0 heterocycles. The first-order chi connectivity index (χ1) is 4.66. The molecule has 4 nitrogen and oxygen atoms in total. The molecule has 0 saturated heterocycles. The number of aliphatic hydroxyl groups excluding tert-OH is 3. The number of aliphatic hydroxyl groups is 3. The Hall–Kier alpha value is -0.420. The zero-order valence-electron chi connectivity index (χ0n) is 5.44. The van der Waals surface area contributed by atoms with Gasteiger partial charge in [-0.3, -0.25) is 0 Å². The van der Waals surface area contributed by atoms with Gasteiger partial charge in [0.05, 0.1) is 12.6 Å². The van der Waals surface area contributed by atoms with E-state index in [1.807, 2.05) is 0 Å². The first-order valence-corrected chi connectivity index (χ1v) is 3.10. The SMILES string of the molecule is N[C@H]1C=C(CO)[C@H](O)[C@@H]1O. The van der Waals surface area contributed by atoms with Crippen molar-refractivity contribution in [3.8, 4) is 0 Å². The summed E-state index contributed by atoms with van der Waals surface area (Å²) in [6.07, 6.45) is -0.461. The molecule has 1 aliphatic rings. The Bertz CT molecular complexity index is 157. The molecule has 5 N–H and O–H groups in total. The second-order valence-electron chi connectivity index (χ2n) is 2.41. The van der Waals surface area contributed by atoms with Gasteiger partial charge in [0.1, 0.15) is 12.2 Å². The highest BCUT2D eigenvalue weighted by molar-refractivity contribution is 5.23. The fourth-order valence-electron chi connectivity index (χ4n) is 1.02. The summed E-state index contributed by atoms with van der Waals surface area (Å²) in [6, 6.07) is -0.544. The molecular formula is C6H11NO3. The Morgan fingerprint density at radius 3 is 2.30 bits per heavy atom. The Balaban J connectivity index is 2.68. The van der Waals surface area contributed by atoms with Crippen LogP contribution in [0.2, 0.25) is 0 Å². The number of rotatable bonds is 1. The maximum Gasteiger partial charge on any atom is 0.105 e. The monoisotopic (exact) mass is 145 g/mol. The van der Waals surface area contributed by atoms with Crippen molar-refractivity contribution >= 4 is 0 Å². The van der Waals surface area contributed by atoms with Gasteiger partial charge in [-0.25, -0.2) is 0 Å². The molecule has 3 atom stereocenters. The maximum absolute atomic E-state index is 9.07. The Morgan fingerprint density at radius 2 is 2.10 bits per heavy atom. The minimum absolute atomic E-state index is 0.244. The lowest BCUT2D eigenvalue weighted by Crippen LogP contribution is -2.36. The normalized spacial score (nSPS) is 40.0. The molecular weight excluding hydrogens is 134 g/mol. The molecule has 58 valence electrons. The van der Waals surface area contributed by atoms with Gasteiger partial charge in [-0.1, -0.05) is 6.08 Å². The van der Waals surface area contributed by atoms with Crippen LogP contribution in [0.25, 0.3) is 0 Å². The van der Waals surface area contributed by atoms with Crippen molar-refractivity contribution in [2.24, 2.45) is 5.73 Å². The highest BCUT2D eigenvalue weighted by Crippen LogP contribution is 2.17. The Morgan fingerprint density at radius 1 is 1.50 bits per heavy atom. The van der Waals surface area contributed by atoms with Crippen LogP contribution in [0.3, 0.4) is 0 Å². The summed E-state index contributed by atoms with van der Waals surface area (Å²) in [5.41, 5.74) is 5.74. The van der Waals surface area contributed by atoms with Crippen LogP contribution in [0, 0.1) is 0 Å². The molecule has 0 saturated carbocycles. The van der Waals surface area contributed by atoms with E-state index in [1.165, 1.54) is 6.08 Å². The third kappa shape index (κ3) is 1.06. The quantitative estimate of drug-likeness (QED) is 0.320. The van der Waals surface area contributed by atoms with Crippen molar-refractivity contribution in [2.45, 2.75) is 18.2 Å². The van der Waals surface area contributed by atoms with Crippen LogP contribution in [0.1, 0.15) is 0 Å². The summed E-state index contributed by atoms with van der Waals surface area (Å²) in [4.78, 5) is 0. The lowest BCUT2D eigenvalue weighted by atomic mass is 10.1. The van der Waals surface area contributed by atoms with Crippen molar-refractivity contribution in [3.05, 3.63) is 11.6 Å². The van der Waals surface area contributed by atoms with E-state index in [9.17, 15) is 0 Å². The summed E-state index contributed by atoms with van der Waals surface area (Å²) < 4.78 is 0. The predicted octanol–water partition coefficient (Wildman–Crippen LogP) is -2.03. The fourth-order valence-corrected chi connectivity index (χ4v) is 1.02. The molecule has 1 aliphatic carbocycles. The number of hydrogen-bond donors (Lipinski definition) is 4. The van der Waals surface area contributed by atoms with Crippen LogP contribution < -0.4 is 5.73 Å². The first-order valence-electron chi connectivity index (χ1n) is 3.10. The summed E-state index contributed by atoms with van der Waals surface area (Å²) in [6.45, 7) is -0.244. The van der Waals surface area contributed by atoms with E-state index in [4.69, 9.17) is 21.1 Å². The highest BCUT2D eigenvalue weighted by Gasteiger charge is 2.31. The summed E-state index contributed by atoms with van der Waals surface area (Å²) >= 11 is 0. The largest absolute Gasteiger partial charge is 0.392 e. The van der Waals surface area contributed by atoms with Crippen LogP contribution in [0.5, 0.6) is 0 Å². The van der Waals surface area contributed by atoms with Crippen LogP contribution in [-0.2, 0) is 0 Å². The summed E-state index contributed by atoms with van der Waals surface area (Å²) in [7, 11) is 0. The lowest BCUT2D eigenvalue weighted by Gasteiger charge is -2.12. The topological polar surface area (TPSA) is 86.7 Å². The minimum atomic E-state index is -0.986. The second-order valence-corrected chi connectivity index (χ2v) is 2.41. The van der Waals surface area contributed by atoms with Crippen molar-refractivity contribution < 1.29 is 15.3 Å². The molecule has 0 spiro atoms. The van der Waals surface area contributed by atoms with Gasteiger partial charge in [0, 0.05) is 0 Å². The third-order valence-electron chi connectivity index (χ3n) is 1.69. The van der Waals surface area contributed by atoms with Crippen LogP contribution in [0.4, 0.5) is 0 Å². The third-order valence-corrected chi connectivity index (χ3v) is 1.69. The van der Waals surface area contributed by atoms with E-state index in [1.54, 1.807) is 0 Å². The first kappa shape index (κ1) is 7.68. The van der Waals surface area contributed by atoms with Crippen LogP contribution in [-0.4, -0.2) is 40.2 Å². The van der Waals surface area contributed by atoms with Gasteiger partial charge >= 0.3 is 0 Å². The van der Waals surface area contributed by atoms with E-state index in [0.29, 0.717) is 5.57 Å². The van der Waals surface area contributed by atoms with Crippen molar-refractivity contribution in [1.82, 2.24) is 0 Å². The van der Waals surface area contributed by atoms with Crippen LogP contribution >= 0.6 is 0 Å². The van der Waals surface area contributed by atoms with Gasteiger partial charge in [0.15, 0.2) is 0 Å².